The van der Waals surface area contributed by atoms with E-state index in [9.17, 15) is 9.59 Å². The third-order valence-corrected chi connectivity index (χ3v) is 4.97. The van der Waals surface area contributed by atoms with E-state index in [0.717, 1.165) is 11.7 Å². The van der Waals surface area contributed by atoms with Gasteiger partial charge in [0.05, 0.1) is 10.2 Å². The van der Waals surface area contributed by atoms with Crippen LogP contribution in [0.3, 0.4) is 0 Å². The van der Waals surface area contributed by atoms with Gasteiger partial charge >= 0.3 is 0 Å². The Hall–Kier alpha value is -2.86. The second kappa shape index (κ2) is 5.89. The number of ether oxygens (including phenoxy) is 2. The number of fused-ring (bicyclic) bond motifs is 2. The molecule has 25 heavy (non-hydrogen) atoms. The Bertz CT molecular complexity index is 1100. The minimum atomic E-state index is -0.210. The summed E-state index contributed by atoms with van der Waals surface area (Å²) >= 11 is 3.59. The molecule has 0 aliphatic carbocycles. The molecule has 2 heterocycles. The molecule has 6 heteroatoms. The standard InChI is InChI=1S/C19H12BrNO4/c1-2-21-18(17(20)12-5-3-4-6-13(12)19(21)23)14-8-16-15(24-10-25-16)7-11(14)9-22/h2-9H,1,10H2. The summed E-state index contributed by atoms with van der Waals surface area (Å²) in [6.45, 7) is 3.85. The predicted octanol–water partition coefficient (Wildman–Crippen LogP) is 4.07. The van der Waals surface area contributed by atoms with E-state index >= 15 is 0 Å². The van der Waals surface area contributed by atoms with Crippen LogP contribution >= 0.6 is 15.9 Å². The smallest absolute Gasteiger partial charge is 0.263 e. The molecule has 0 atom stereocenters. The number of aldehydes is 1. The van der Waals surface area contributed by atoms with E-state index in [1.807, 2.05) is 12.1 Å². The van der Waals surface area contributed by atoms with E-state index in [1.54, 1.807) is 24.3 Å². The summed E-state index contributed by atoms with van der Waals surface area (Å²) in [5, 5.41) is 1.32. The lowest BCUT2D eigenvalue weighted by atomic mass is 10.0. The summed E-state index contributed by atoms with van der Waals surface area (Å²) < 4.78 is 12.9. The van der Waals surface area contributed by atoms with Crippen molar-refractivity contribution in [1.29, 1.82) is 0 Å². The maximum atomic E-state index is 12.9. The highest BCUT2D eigenvalue weighted by molar-refractivity contribution is 9.10. The molecule has 0 spiro atoms. The zero-order valence-electron chi connectivity index (χ0n) is 13.0. The van der Waals surface area contributed by atoms with Crippen molar-refractivity contribution in [2.45, 2.75) is 0 Å². The highest BCUT2D eigenvalue weighted by atomic mass is 79.9. The van der Waals surface area contributed by atoms with Crippen LogP contribution in [0.2, 0.25) is 0 Å². The molecule has 0 fully saturated rings. The fourth-order valence-corrected chi connectivity index (χ4v) is 3.76. The summed E-state index contributed by atoms with van der Waals surface area (Å²) in [7, 11) is 0. The number of carbonyl (C=O) groups excluding carboxylic acids is 1. The number of aromatic nitrogens is 1. The van der Waals surface area contributed by atoms with Gasteiger partial charge in [-0.3, -0.25) is 14.2 Å². The minimum Gasteiger partial charge on any atom is -0.454 e. The zero-order valence-corrected chi connectivity index (χ0v) is 14.6. The van der Waals surface area contributed by atoms with E-state index in [-0.39, 0.29) is 12.4 Å². The molecule has 0 saturated carbocycles. The lowest BCUT2D eigenvalue weighted by Crippen LogP contribution is -2.18. The molecule has 5 nitrogen and oxygen atoms in total. The van der Waals surface area contributed by atoms with Crippen LogP contribution in [0.1, 0.15) is 10.4 Å². The zero-order chi connectivity index (χ0) is 17.6. The summed E-state index contributed by atoms with van der Waals surface area (Å²) in [4.78, 5) is 24.5. The first kappa shape index (κ1) is 15.7. The number of pyridine rings is 1. The van der Waals surface area contributed by atoms with Gasteiger partial charge in [-0.15, -0.1) is 0 Å². The monoisotopic (exact) mass is 397 g/mol. The molecule has 1 aliphatic rings. The molecular weight excluding hydrogens is 386 g/mol. The van der Waals surface area contributed by atoms with Gasteiger partial charge in [0.2, 0.25) is 6.79 Å². The van der Waals surface area contributed by atoms with Crippen molar-refractivity contribution in [3.63, 3.8) is 0 Å². The average molecular weight is 398 g/mol. The van der Waals surface area contributed by atoms with Crippen molar-refractivity contribution >= 4 is 39.2 Å². The average Bonchev–Trinajstić information content (AvgIpc) is 3.10. The number of hydrogen-bond acceptors (Lipinski definition) is 4. The van der Waals surface area contributed by atoms with E-state index < -0.39 is 0 Å². The van der Waals surface area contributed by atoms with Crippen LogP contribution in [0.15, 0.2) is 52.2 Å². The van der Waals surface area contributed by atoms with Crippen molar-refractivity contribution in [2.75, 3.05) is 6.79 Å². The Morgan fingerprint density at radius 3 is 2.48 bits per heavy atom. The number of rotatable bonds is 3. The van der Waals surface area contributed by atoms with Crippen LogP contribution in [0, 0.1) is 0 Å². The number of hydrogen-bond donors (Lipinski definition) is 0. The Kier molecular flexibility index (Phi) is 3.69. The van der Waals surface area contributed by atoms with E-state index in [4.69, 9.17) is 9.47 Å². The van der Waals surface area contributed by atoms with Crippen LogP contribution in [0.4, 0.5) is 0 Å². The SMILES string of the molecule is C=Cn1c(-c2cc3c(cc2C=O)OCO3)c(Br)c2ccccc2c1=O. The fraction of sp³-hybridized carbons (Fsp3) is 0.0526. The molecule has 3 aromatic rings. The number of carbonyl (C=O) groups is 1. The molecule has 2 aromatic carbocycles. The third kappa shape index (κ3) is 2.29. The Balaban J connectivity index is 2.15. The van der Waals surface area contributed by atoms with Gasteiger partial charge in [0.25, 0.3) is 5.56 Å². The third-order valence-electron chi connectivity index (χ3n) is 4.17. The molecule has 1 aliphatic heterocycles. The topological polar surface area (TPSA) is 57.5 Å². The van der Waals surface area contributed by atoms with Crippen LogP contribution in [-0.2, 0) is 0 Å². The number of benzene rings is 2. The summed E-state index contributed by atoms with van der Waals surface area (Å²) in [5.74, 6) is 1.04. The van der Waals surface area contributed by atoms with Crippen molar-refractivity contribution < 1.29 is 14.3 Å². The normalized spacial score (nSPS) is 12.4. The maximum absolute atomic E-state index is 12.9. The van der Waals surface area contributed by atoms with Crippen LogP contribution in [-0.4, -0.2) is 17.6 Å². The van der Waals surface area contributed by atoms with Gasteiger partial charge in [-0.1, -0.05) is 24.8 Å². The van der Waals surface area contributed by atoms with E-state index in [2.05, 4.69) is 22.5 Å². The molecule has 0 bridgehead atoms. The van der Waals surface area contributed by atoms with Crippen molar-refractivity contribution in [2.24, 2.45) is 0 Å². The fourth-order valence-electron chi connectivity index (χ4n) is 3.01. The van der Waals surface area contributed by atoms with Crippen LogP contribution in [0.25, 0.3) is 28.2 Å². The largest absolute Gasteiger partial charge is 0.454 e. The van der Waals surface area contributed by atoms with Gasteiger partial charge in [-0.2, -0.15) is 0 Å². The molecule has 124 valence electrons. The van der Waals surface area contributed by atoms with Crippen molar-refractivity contribution in [1.82, 2.24) is 4.57 Å². The number of nitrogens with zero attached hydrogens (tertiary/aromatic N) is 1. The molecule has 0 saturated heterocycles. The Labute approximate surface area is 151 Å². The van der Waals surface area contributed by atoms with E-state index in [1.165, 1.54) is 10.8 Å². The first-order valence-corrected chi connectivity index (χ1v) is 8.29. The lowest BCUT2D eigenvalue weighted by Gasteiger charge is -2.16. The van der Waals surface area contributed by atoms with Crippen molar-refractivity contribution in [3.05, 3.63) is 63.4 Å². The Morgan fingerprint density at radius 1 is 1.12 bits per heavy atom. The van der Waals surface area contributed by atoms with Gasteiger partial charge in [0.15, 0.2) is 17.8 Å². The van der Waals surface area contributed by atoms with Crippen LogP contribution in [0.5, 0.6) is 11.5 Å². The van der Waals surface area contributed by atoms with Gasteiger partial charge in [-0.25, -0.2) is 0 Å². The number of halogens is 1. The molecule has 1 aromatic heterocycles. The molecule has 4 rings (SSSR count). The Morgan fingerprint density at radius 2 is 1.80 bits per heavy atom. The van der Waals surface area contributed by atoms with Gasteiger partial charge < -0.3 is 9.47 Å². The first-order valence-electron chi connectivity index (χ1n) is 7.50. The molecular formula is C19H12BrNO4. The lowest BCUT2D eigenvalue weighted by molar-refractivity contribution is 0.112. The highest BCUT2D eigenvalue weighted by Gasteiger charge is 2.22. The van der Waals surface area contributed by atoms with Gasteiger partial charge in [0, 0.05) is 28.1 Å². The summed E-state index contributed by atoms with van der Waals surface area (Å²) in [6, 6.07) is 10.6. The van der Waals surface area contributed by atoms with Gasteiger partial charge in [-0.05, 0) is 34.1 Å². The second-order valence-electron chi connectivity index (χ2n) is 5.48. The predicted molar refractivity (Wildman–Crippen MR) is 99.2 cm³/mol. The summed E-state index contributed by atoms with van der Waals surface area (Å²) in [5.41, 5.74) is 1.29. The van der Waals surface area contributed by atoms with Crippen molar-refractivity contribution in [3.8, 4) is 22.8 Å². The molecule has 0 radical (unpaired) electrons. The molecule has 0 amide bonds. The highest BCUT2D eigenvalue weighted by Crippen LogP contribution is 2.41. The summed E-state index contributed by atoms with van der Waals surface area (Å²) in [6.07, 6.45) is 2.17. The maximum Gasteiger partial charge on any atom is 0.263 e. The molecule has 0 unspecified atom stereocenters. The quantitative estimate of drug-likeness (QED) is 0.625. The van der Waals surface area contributed by atoms with Crippen LogP contribution < -0.4 is 15.0 Å². The minimum absolute atomic E-state index is 0.101. The molecule has 0 N–H and O–H groups in total. The first-order chi connectivity index (χ1) is 12.2. The van der Waals surface area contributed by atoms with Gasteiger partial charge in [0.1, 0.15) is 0 Å². The van der Waals surface area contributed by atoms with E-state index in [0.29, 0.717) is 38.2 Å². The second-order valence-corrected chi connectivity index (χ2v) is 6.27.